The smallest absolute Gasteiger partial charge is 0.123 e. The molecule has 1 fully saturated rings. The molecule has 1 aromatic rings. The lowest BCUT2D eigenvalue weighted by Crippen LogP contribution is -1.83. The Kier molecular flexibility index (Phi) is 0.993. The van der Waals surface area contributed by atoms with Gasteiger partial charge in [0, 0.05) is 12.3 Å². The van der Waals surface area contributed by atoms with Gasteiger partial charge in [-0.25, -0.2) is 0 Å². The highest BCUT2D eigenvalue weighted by atomic mass is 16.6. The van der Waals surface area contributed by atoms with Gasteiger partial charge in [-0.3, -0.25) is 4.98 Å². The Morgan fingerprint density at radius 2 is 2.67 bits per heavy atom. The summed E-state index contributed by atoms with van der Waals surface area (Å²) in [5, 5.41) is 0. The normalized spacial score (nSPS) is 23.8. The Labute approximate surface area is 53.5 Å². The van der Waals surface area contributed by atoms with Gasteiger partial charge in [0.1, 0.15) is 6.10 Å². The number of hydrogen-bond donors (Lipinski definition) is 0. The SMILES string of the molecule is [c]1cccnc1C1CO1. The molecule has 0 N–H and O–H groups in total. The van der Waals surface area contributed by atoms with Gasteiger partial charge >= 0.3 is 0 Å². The third-order valence-electron chi connectivity index (χ3n) is 1.27. The van der Waals surface area contributed by atoms with Crippen LogP contribution in [-0.4, -0.2) is 11.6 Å². The fourth-order valence-electron chi connectivity index (χ4n) is 0.719. The second-order valence-electron chi connectivity index (χ2n) is 1.99. The van der Waals surface area contributed by atoms with Crippen LogP contribution in [-0.2, 0) is 4.74 Å². The molecule has 2 rings (SSSR count). The molecule has 1 aliphatic rings. The maximum absolute atomic E-state index is 5.00. The van der Waals surface area contributed by atoms with E-state index in [1.54, 1.807) is 6.20 Å². The molecule has 45 valence electrons. The van der Waals surface area contributed by atoms with E-state index in [2.05, 4.69) is 11.1 Å². The van der Waals surface area contributed by atoms with Crippen LogP contribution in [0.25, 0.3) is 0 Å². The van der Waals surface area contributed by atoms with Crippen molar-refractivity contribution in [2.45, 2.75) is 6.10 Å². The van der Waals surface area contributed by atoms with Crippen LogP contribution in [0.3, 0.4) is 0 Å². The van der Waals surface area contributed by atoms with Gasteiger partial charge in [0.05, 0.1) is 12.3 Å². The fourth-order valence-corrected chi connectivity index (χ4v) is 0.719. The Balaban J connectivity index is 2.29. The Morgan fingerprint density at radius 1 is 1.78 bits per heavy atom. The molecule has 1 radical (unpaired) electrons. The maximum Gasteiger partial charge on any atom is 0.123 e. The lowest BCUT2D eigenvalue weighted by molar-refractivity contribution is 0.411. The van der Waals surface area contributed by atoms with Crippen molar-refractivity contribution in [1.82, 2.24) is 4.98 Å². The van der Waals surface area contributed by atoms with E-state index in [1.165, 1.54) is 0 Å². The van der Waals surface area contributed by atoms with Crippen LogP contribution >= 0.6 is 0 Å². The molecular formula is C7H6NO. The molecule has 0 bridgehead atoms. The molecule has 0 aromatic carbocycles. The minimum atomic E-state index is 0.242. The largest absolute Gasteiger partial charge is 0.366 e. The summed E-state index contributed by atoms with van der Waals surface area (Å²) in [4.78, 5) is 4.06. The molecule has 1 saturated heterocycles. The zero-order valence-electron chi connectivity index (χ0n) is 4.87. The van der Waals surface area contributed by atoms with Gasteiger partial charge in [0.25, 0.3) is 0 Å². The average molecular weight is 120 g/mol. The van der Waals surface area contributed by atoms with E-state index in [4.69, 9.17) is 4.74 Å². The summed E-state index contributed by atoms with van der Waals surface area (Å²) in [7, 11) is 0. The standard InChI is InChI=1S/C7H6NO/c1-2-4-8-6(3-1)7-5-9-7/h1-2,4,7H,5H2. The molecule has 0 amide bonds. The van der Waals surface area contributed by atoms with Crippen molar-refractivity contribution >= 4 is 0 Å². The van der Waals surface area contributed by atoms with Crippen molar-refractivity contribution in [2.24, 2.45) is 0 Å². The summed E-state index contributed by atoms with van der Waals surface area (Å²) in [6.45, 7) is 0.813. The number of aromatic nitrogens is 1. The first-order chi connectivity index (χ1) is 4.47. The predicted octanol–water partition coefficient (Wildman–Crippen LogP) is 0.953. The van der Waals surface area contributed by atoms with E-state index >= 15 is 0 Å². The molecule has 0 saturated carbocycles. The molecule has 1 unspecified atom stereocenters. The summed E-state index contributed by atoms with van der Waals surface area (Å²) >= 11 is 0. The van der Waals surface area contributed by atoms with Gasteiger partial charge in [-0.15, -0.1) is 0 Å². The highest BCUT2D eigenvalue weighted by molar-refractivity contribution is 5.08. The topological polar surface area (TPSA) is 25.4 Å². The van der Waals surface area contributed by atoms with Crippen LogP contribution in [0.15, 0.2) is 18.3 Å². The number of epoxide rings is 1. The van der Waals surface area contributed by atoms with Crippen LogP contribution in [0.5, 0.6) is 0 Å². The highest BCUT2D eigenvalue weighted by Gasteiger charge is 2.25. The van der Waals surface area contributed by atoms with Crippen LogP contribution in [0.1, 0.15) is 11.8 Å². The summed E-state index contributed by atoms with van der Waals surface area (Å²) in [5.41, 5.74) is 0.928. The lowest BCUT2D eigenvalue weighted by Gasteiger charge is -1.88. The van der Waals surface area contributed by atoms with Gasteiger partial charge in [-0.2, -0.15) is 0 Å². The van der Waals surface area contributed by atoms with Gasteiger partial charge in [0.2, 0.25) is 0 Å². The number of nitrogens with zero attached hydrogens (tertiary/aromatic N) is 1. The first-order valence-electron chi connectivity index (χ1n) is 2.91. The molecule has 1 aromatic heterocycles. The van der Waals surface area contributed by atoms with Crippen molar-refractivity contribution in [1.29, 1.82) is 0 Å². The zero-order chi connectivity index (χ0) is 6.10. The molecule has 0 aliphatic carbocycles. The molecule has 1 aliphatic heterocycles. The first-order valence-corrected chi connectivity index (χ1v) is 2.91. The first kappa shape index (κ1) is 4.94. The third kappa shape index (κ3) is 0.933. The lowest BCUT2D eigenvalue weighted by atomic mass is 10.3. The molecule has 2 heteroatoms. The molecule has 9 heavy (non-hydrogen) atoms. The summed E-state index contributed by atoms with van der Waals surface area (Å²) < 4.78 is 5.00. The fraction of sp³-hybridized carbons (Fsp3) is 0.286. The van der Waals surface area contributed by atoms with E-state index < -0.39 is 0 Å². The number of hydrogen-bond acceptors (Lipinski definition) is 2. The summed E-state index contributed by atoms with van der Waals surface area (Å²) in [6, 6.07) is 6.70. The van der Waals surface area contributed by atoms with Crippen LogP contribution in [0.2, 0.25) is 0 Å². The molecular weight excluding hydrogens is 114 g/mol. The van der Waals surface area contributed by atoms with Crippen molar-refractivity contribution in [3.63, 3.8) is 0 Å². The summed E-state index contributed by atoms with van der Waals surface area (Å²) in [5.74, 6) is 0. The minimum absolute atomic E-state index is 0.242. The van der Waals surface area contributed by atoms with Crippen molar-refractivity contribution < 1.29 is 4.74 Å². The average Bonchev–Trinajstić information content (AvgIpc) is 2.71. The van der Waals surface area contributed by atoms with Gasteiger partial charge in [0.15, 0.2) is 0 Å². The number of rotatable bonds is 1. The monoisotopic (exact) mass is 120 g/mol. The van der Waals surface area contributed by atoms with Crippen LogP contribution < -0.4 is 0 Å². The minimum Gasteiger partial charge on any atom is -0.366 e. The quantitative estimate of drug-likeness (QED) is 0.515. The Hall–Kier alpha value is -0.890. The number of ether oxygens (including phenoxy) is 1. The third-order valence-corrected chi connectivity index (χ3v) is 1.27. The Morgan fingerprint density at radius 3 is 3.22 bits per heavy atom. The second-order valence-corrected chi connectivity index (χ2v) is 1.99. The van der Waals surface area contributed by atoms with Gasteiger partial charge < -0.3 is 4.74 Å². The van der Waals surface area contributed by atoms with Crippen molar-refractivity contribution in [2.75, 3.05) is 6.61 Å². The molecule has 2 heterocycles. The highest BCUT2D eigenvalue weighted by Crippen LogP contribution is 2.26. The van der Waals surface area contributed by atoms with E-state index in [9.17, 15) is 0 Å². The summed E-state index contributed by atoms with van der Waals surface area (Å²) in [6.07, 6.45) is 2.00. The van der Waals surface area contributed by atoms with Crippen LogP contribution in [0.4, 0.5) is 0 Å². The van der Waals surface area contributed by atoms with Gasteiger partial charge in [-0.05, 0) is 6.07 Å². The maximum atomic E-state index is 5.00. The van der Waals surface area contributed by atoms with E-state index in [1.807, 2.05) is 12.1 Å². The predicted molar refractivity (Wildman–Crippen MR) is 31.8 cm³/mol. The van der Waals surface area contributed by atoms with E-state index in [-0.39, 0.29) is 6.10 Å². The van der Waals surface area contributed by atoms with Gasteiger partial charge in [-0.1, -0.05) is 6.07 Å². The van der Waals surface area contributed by atoms with E-state index in [0.29, 0.717) is 0 Å². The van der Waals surface area contributed by atoms with Crippen LogP contribution in [0, 0.1) is 6.07 Å². The number of pyridine rings is 1. The van der Waals surface area contributed by atoms with E-state index in [0.717, 1.165) is 12.3 Å². The molecule has 1 atom stereocenters. The zero-order valence-corrected chi connectivity index (χ0v) is 4.87. The molecule has 2 nitrogen and oxygen atoms in total. The Bertz CT molecular complexity index is 193. The van der Waals surface area contributed by atoms with Crippen molar-refractivity contribution in [3.05, 3.63) is 30.1 Å². The van der Waals surface area contributed by atoms with Crippen molar-refractivity contribution in [3.8, 4) is 0 Å². The molecule has 0 spiro atoms. The second kappa shape index (κ2) is 1.81.